The van der Waals surface area contributed by atoms with Crippen LogP contribution in [0.4, 0.5) is 4.79 Å². The summed E-state index contributed by atoms with van der Waals surface area (Å²) in [5, 5.41) is 15.1. The molecule has 1 fully saturated rings. The van der Waals surface area contributed by atoms with Crippen molar-refractivity contribution in [2.75, 3.05) is 19.8 Å². The van der Waals surface area contributed by atoms with Crippen LogP contribution < -0.4 is 10.6 Å². The Morgan fingerprint density at radius 2 is 2.11 bits per heavy atom. The number of amides is 2. The average molecular weight is 254 g/mol. The van der Waals surface area contributed by atoms with Crippen molar-refractivity contribution in [2.24, 2.45) is 5.92 Å². The van der Waals surface area contributed by atoms with Crippen molar-refractivity contribution in [2.45, 2.75) is 37.8 Å². The first-order valence-electron chi connectivity index (χ1n) is 6.69. The molecule has 0 aliphatic heterocycles. The van der Waals surface area contributed by atoms with Gasteiger partial charge in [-0.05, 0) is 31.6 Å². The van der Waals surface area contributed by atoms with Gasteiger partial charge in [0, 0.05) is 19.2 Å². The first-order chi connectivity index (χ1) is 8.74. The Bertz CT molecular complexity index is 295. The fourth-order valence-corrected chi connectivity index (χ4v) is 1.90. The normalized spacial score (nSPS) is 20.9. The van der Waals surface area contributed by atoms with Crippen molar-refractivity contribution in [1.82, 2.24) is 10.6 Å². The van der Waals surface area contributed by atoms with E-state index in [9.17, 15) is 9.90 Å². The Morgan fingerprint density at radius 3 is 2.78 bits per heavy atom. The highest BCUT2D eigenvalue weighted by molar-refractivity contribution is 5.74. The Hall–Kier alpha value is -1.07. The molecule has 5 heteroatoms. The van der Waals surface area contributed by atoms with E-state index in [0.29, 0.717) is 12.5 Å². The van der Waals surface area contributed by atoms with Gasteiger partial charge >= 0.3 is 6.03 Å². The maximum absolute atomic E-state index is 11.5. The lowest BCUT2D eigenvalue weighted by atomic mass is 10.2. The number of rotatable bonds is 7. The van der Waals surface area contributed by atoms with E-state index in [0.717, 1.165) is 19.4 Å². The van der Waals surface area contributed by atoms with Crippen molar-refractivity contribution in [3.8, 4) is 0 Å². The number of hydrogen-bond donors (Lipinski definition) is 3. The number of nitrogens with one attached hydrogen (secondary N) is 2. The van der Waals surface area contributed by atoms with Gasteiger partial charge in [0.25, 0.3) is 0 Å². The molecule has 2 rings (SSSR count). The molecule has 0 heterocycles. The van der Waals surface area contributed by atoms with Crippen LogP contribution in [-0.4, -0.2) is 43.0 Å². The lowest BCUT2D eigenvalue weighted by Gasteiger charge is -2.15. The average Bonchev–Trinajstić information content (AvgIpc) is 3.03. The fourth-order valence-electron chi connectivity index (χ4n) is 1.90. The summed E-state index contributed by atoms with van der Waals surface area (Å²) in [6, 6.07) is -0.0156. The van der Waals surface area contributed by atoms with Gasteiger partial charge in [-0.25, -0.2) is 4.79 Å². The third-order valence-corrected chi connectivity index (χ3v) is 3.20. The van der Waals surface area contributed by atoms with E-state index < -0.39 is 6.10 Å². The summed E-state index contributed by atoms with van der Waals surface area (Å²) in [5.74, 6) is 0.698. The van der Waals surface area contributed by atoms with Crippen LogP contribution >= 0.6 is 0 Å². The predicted octanol–water partition coefficient (Wildman–Crippen LogP) is 0.792. The summed E-state index contributed by atoms with van der Waals surface area (Å²) in [5.41, 5.74) is 0. The van der Waals surface area contributed by atoms with Crippen molar-refractivity contribution < 1.29 is 14.6 Å². The van der Waals surface area contributed by atoms with E-state index in [4.69, 9.17) is 4.74 Å². The molecule has 5 nitrogen and oxygen atoms in total. The van der Waals surface area contributed by atoms with E-state index in [1.165, 1.54) is 12.8 Å². The van der Waals surface area contributed by atoms with Crippen LogP contribution in [0, 0.1) is 5.92 Å². The first kappa shape index (κ1) is 13.4. The van der Waals surface area contributed by atoms with Crippen LogP contribution in [0.5, 0.6) is 0 Å². The molecular weight excluding hydrogens is 232 g/mol. The zero-order valence-corrected chi connectivity index (χ0v) is 10.6. The smallest absolute Gasteiger partial charge is 0.315 e. The van der Waals surface area contributed by atoms with Gasteiger partial charge in [0.05, 0.1) is 12.7 Å². The van der Waals surface area contributed by atoms with E-state index in [2.05, 4.69) is 22.8 Å². The summed E-state index contributed by atoms with van der Waals surface area (Å²) in [4.78, 5) is 11.5. The monoisotopic (exact) mass is 254 g/mol. The molecular formula is C13H22N2O3. The number of hydrogen-bond acceptors (Lipinski definition) is 3. The molecule has 0 aromatic carbocycles. The molecule has 102 valence electrons. The highest BCUT2D eigenvalue weighted by Crippen LogP contribution is 2.28. The molecule has 2 aliphatic rings. The van der Waals surface area contributed by atoms with E-state index >= 15 is 0 Å². The van der Waals surface area contributed by atoms with Crippen LogP contribution in [0.15, 0.2) is 12.2 Å². The molecule has 0 aromatic heterocycles. The van der Waals surface area contributed by atoms with Gasteiger partial charge in [0.15, 0.2) is 0 Å². The highest BCUT2D eigenvalue weighted by atomic mass is 16.5. The molecule has 0 spiro atoms. The molecule has 1 unspecified atom stereocenters. The van der Waals surface area contributed by atoms with Crippen LogP contribution in [0.2, 0.25) is 0 Å². The molecule has 2 aliphatic carbocycles. The fraction of sp³-hybridized carbons (Fsp3) is 0.769. The summed E-state index contributed by atoms with van der Waals surface area (Å²) in [7, 11) is 0. The van der Waals surface area contributed by atoms with Crippen molar-refractivity contribution in [1.29, 1.82) is 0 Å². The Morgan fingerprint density at radius 1 is 1.39 bits per heavy atom. The van der Waals surface area contributed by atoms with Gasteiger partial charge in [0.2, 0.25) is 0 Å². The summed E-state index contributed by atoms with van der Waals surface area (Å²) in [6.45, 7) is 1.26. The largest absolute Gasteiger partial charge is 0.389 e. The van der Waals surface area contributed by atoms with Crippen LogP contribution in [0.25, 0.3) is 0 Å². The maximum atomic E-state index is 11.5. The van der Waals surface area contributed by atoms with Crippen molar-refractivity contribution >= 4 is 6.03 Å². The number of aliphatic hydroxyl groups excluding tert-OH is 1. The Balaban J connectivity index is 1.48. The Labute approximate surface area is 108 Å². The first-order valence-corrected chi connectivity index (χ1v) is 6.69. The number of carbonyl (C=O) groups excluding carboxylic acids is 1. The van der Waals surface area contributed by atoms with E-state index in [-0.39, 0.29) is 18.6 Å². The van der Waals surface area contributed by atoms with Crippen LogP contribution in [0.3, 0.4) is 0 Å². The molecule has 0 saturated heterocycles. The predicted molar refractivity (Wildman–Crippen MR) is 68.2 cm³/mol. The van der Waals surface area contributed by atoms with Gasteiger partial charge in [-0.2, -0.15) is 0 Å². The minimum absolute atomic E-state index is 0.202. The van der Waals surface area contributed by atoms with Crippen molar-refractivity contribution in [3.05, 3.63) is 12.2 Å². The molecule has 1 atom stereocenters. The molecule has 3 N–H and O–H groups in total. The van der Waals surface area contributed by atoms with Gasteiger partial charge in [-0.1, -0.05) is 12.2 Å². The SMILES string of the molecule is O=C(NCC(O)COCC1CC1)NC1CC=CC1. The van der Waals surface area contributed by atoms with Crippen molar-refractivity contribution in [3.63, 3.8) is 0 Å². The molecule has 18 heavy (non-hydrogen) atoms. The van der Waals surface area contributed by atoms with E-state index in [1.54, 1.807) is 0 Å². The van der Waals surface area contributed by atoms with E-state index in [1.807, 2.05) is 0 Å². The number of aliphatic hydroxyl groups is 1. The molecule has 2 amide bonds. The topological polar surface area (TPSA) is 70.6 Å². The second kappa shape index (κ2) is 6.75. The summed E-state index contributed by atoms with van der Waals surface area (Å²) < 4.78 is 5.35. The summed E-state index contributed by atoms with van der Waals surface area (Å²) in [6.07, 6.45) is 7.76. The van der Waals surface area contributed by atoms with Gasteiger partial charge in [-0.15, -0.1) is 0 Å². The molecule has 0 radical (unpaired) electrons. The maximum Gasteiger partial charge on any atom is 0.315 e. The van der Waals surface area contributed by atoms with Gasteiger partial charge < -0.3 is 20.5 Å². The lowest BCUT2D eigenvalue weighted by molar-refractivity contribution is 0.0337. The second-order valence-electron chi connectivity index (χ2n) is 5.13. The number of carbonyl (C=O) groups is 1. The number of ether oxygens (including phenoxy) is 1. The quantitative estimate of drug-likeness (QED) is 0.588. The third-order valence-electron chi connectivity index (χ3n) is 3.20. The van der Waals surface area contributed by atoms with Crippen LogP contribution in [-0.2, 0) is 4.74 Å². The molecule has 0 aromatic rings. The zero-order valence-electron chi connectivity index (χ0n) is 10.6. The standard InChI is InChI=1S/C13H22N2O3/c16-12(9-18-8-10-5-6-10)7-14-13(17)15-11-3-1-2-4-11/h1-2,10-12,16H,3-9H2,(H2,14,15,17). The highest BCUT2D eigenvalue weighted by Gasteiger charge is 2.21. The van der Waals surface area contributed by atoms with Gasteiger partial charge in [-0.3, -0.25) is 0 Å². The summed E-state index contributed by atoms with van der Waals surface area (Å²) >= 11 is 0. The minimum atomic E-state index is -0.629. The minimum Gasteiger partial charge on any atom is -0.389 e. The second-order valence-corrected chi connectivity index (χ2v) is 5.13. The Kier molecular flexibility index (Phi) is 5.01. The molecule has 0 bridgehead atoms. The molecule has 1 saturated carbocycles. The third kappa shape index (κ3) is 5.06. The van der Waals surface area contributed by atoms with Gasteiger partial charge in [0.1, 0.15) is 0 Å². The zero-order chi connectivity index (χ0) is 12.8. The number of urea groups is 1. The lowest BCUT2D eigenvalue weighted by Crippen LogP contribution is -2.44. The van der Waals surface area contributed by atoms with Crippen LogP contribution in [0.1, 0.15) is 25.7 Å².